The second kappa shape index (κ2) is 8.43. The highest BCUT2D eigenvalue weighted by atomic mass is 19.1. The molecular formula is C20H18F2N4O2. The van der Waals surface area contributed by atoms with Gasteiger partial charge in [0.25, 0.3) is 5.91 Å². The number of halogens is 2. The summed E-state index contributed by atoms with van der Waals surface area (Å²) in [5, 5.41) is 5.15. The monoisotopic (exact) mass is 384 g/mol. The van der Waals surface area contributed by atoms with Crippen molar-refractivity contribution < 1.29 is 18.3 Å². The van der Waals surface area contributed by atoms with Gasteiger partial charge in [-0.25, -0.2) is 18.7 Å². The molecule has 0 aliphatic heterocycles. The van der Waals surface area contributed by atoms with E-state index in [2.05, 4.69) is 20.6 Å². The number of amides is 1. The van der Waals surface area contributed by atoms with Crippen molar-refractivity contribution in [1.29, 1.82) is 0 Å². The van der Waals surface area contributed by atoms with Crippen LogP contribution >= 0.6 is 0 Å². The van der Waals surface area contributed by atoms with E-state index in [0.29, 0.717) is 5.69 Å². The van der Waals surface area contributed by atoms with Gasteiger partial charge in [0.1, 0.15) is 28.8 Å². The van der Waals surface area contributed by atoms with Crippen LogP contribution in [0.25, 0.3) is 0 Å². The number of para-hydroxylation sites is 1. The maximum atomic E-state index is 13.7. The number of ether oxygens (including phenoxy) is 1. The Kier molecular flexibility index (Phi) is 5.78. The predicted molar refractivity (Wildman–Crippen MR) is 102 cm³/mol. The molecule has 0 bridgehead atoms. The van der Waals surface area contributed by atoms with Crippen LogP contribution < -0.4 is 15.4 Å². The Labute approximate surface area is 160 Å². The zero-order valence-corrected chi connectivity index (χ0v) is 15.2. The Bertz CT molecular complexity index is 958. The van der Waals surface area contributed by atoms with Crippen LogP contribution in [0.5, 0.6) is 5.75 Å². The number of benzene rings is 2. The summed E-state index contributed by atoms with van der Waals surface area (Å²) in [6, 6.07) is 11.8. The minimum atomic E-state index is -0.871. The highest BCUT2D eigenvalue weighted by Crippen LogP contribution is 2.20. The van der Waals surface area contributed by atoms with Crippen molar-refractivity contribution in [3.63, 3.8) is 0 Å². The molecule has 0 atom stereocenters. The first-order valence-electron chi connectivity index (χ1n) is 8.54. The number of nitrogens with zero attached hydrogens (tertiary/aromatic N) is 2. The lowest BCUT2D eigenvalue weighted by Gasteiger charge is -2.11. The van der Waals surface area contributed by atoms with Gasteiger partial charge in [-0.3, -0.25) is 4.79 Å². The number of hydrogen-bond acceptors (Lipinski definition) is 5. The molecule has 0 aliphatic rings. The van der Waals surface area contributed by atoms with Gasteiger partial charge in [0, 0.05) is 11.9 Å². The van der Waals surface area contributed by atoms with Gasteiger partial charge < -0.3 is 15.4 Å². The molecule has 8 heteroatoms. The lowest BCUT2D eigenvalue weighted by Crippen LogP contribution is -2.16. The van der Waals surface area contributed by atoms with Gasteiger partial charge in [-0.2, -0.15) is 0 Å². The molecule has 1 amide bonds. The molecule has 0 unspecified atom stereocenters. The van der Waals surface area contributed by atoms with E-state index in [0.717, 1.165) is 17.9 Å². The molecule has 0 aliphatic carbocycles. The van der Waals surface area contributed by atoms with Crippen molar-refractivity contribution in [2.24, 2.45) is 0 Å². The molecule has 144 valence electrons. The standard InChI is InChI=1S/C20H18F2N4O2/c1-12(2)28-14-8-6-13(7-9-14)24-20-23-11-10-17(25-20)19(27)26-18-15(21)4-3-5-16(18)22/h3-12H,1-2H3,(H,26,27)(H,23,24,25). The fourth-order valence-corrected chi connectivity index (χ4v) is 2.36. The highest BCUT2D eigenvalue weighted by molar-refractivity contribution is 6.03. The van der Waals surface area contributed by atoms with Crippen molar-refractivity contribution >= 4 is 23.2 Å². The van der Waals surface area contributed by atoms with Gasteiger partial charge in [0.15, 0.2) is 0 Å². The summed E-state index contributed by atoms with van der Waals surface area (Å²) in [7, 11) is 0. The quantitative estimate of drug-likeness (QED) is 0.653. The summed E-state index contributed by atoms with van der Waals surface area (Å²) in [4.78, 5) is 20.4. The molecule has 6 nitrogen and oxygen atoms in total. The zero-order valence-electron chi connectivity index (χ0n) is 15.2. The van der Waals surface area contributed by atoms with E-state index in [1.165, 1.54) is 18.3 Å². The normalized spacial score (nSPS) is 10.6. The Morgan fingerprint density at radius 1 is 1.04 bits per heavy atom. The summed E-state index contributed by atoms with van der Waals surface area (Å²) in [6.07, 6.45) is 1.44. The summed E-state index contributed by atoms with van der Waals surface area (Å²) in [5.41, 5.74) is 0.120. The van der Waals surface area contributed by atoms with E-state index in [4.69, 9.17) is 4.74 Å². The number of carbonyl (C=O) groups is 1. The minimum absolute atomic E-state index is 0.0417. The largest absolute Gasteiger partial charge is 0.491 e. The van der Waals surface area contributed by atoms with Crippen LogP contribution in [0.4, 0.5) is 26.1 Å². The number of aromatic nitrogens is 2. The van der Waals surface area contributed by atoms with Gasteiger partial charge in [-0.05, 0) is 56.3 Å². The minimum Gasteiger partial charge on any atom is -0.491 e. The molecule has 2 N–H and O–H groups in total. The molecule has 1 heterocycles. The number of rotatable bonds is 6. The van der Waals surface area contributed by atoms with Crippen molar-refractivity contribution in [1.82, 2.24) is 9.97 Å². The summed E-state index contributed by atoms with van der Waals surface area (Å²) in [5.74, 6) is -1.61. The smallest absolute Gasteiger partial charge is 0.274 e. The maximum absolute atomic E-state index is 13.7. The molecule has 0 fully saturated rings. The lowest BCUT2D eigenvalue weighted by molar-refractivity contribution is 0.102. The molecule has 1 aromatic heterocycles. The number of nitrogens with one attached hydrogen (secondary N) is 2. The van der Waals surface area contributed by atoms with Crippen molar-refractivity contribution in [3.05, 3.63) is 72.1 Å². The topological polar surface area (TPSA) is 76.1 Å². The first-order chi connectivity index (χ1) is 13.4. The lowest BCUT2D eigenvalue weighted by atomic mass is 10.2. The Hall–Kier alpha value is -3.55. The van der Waals surface area contributed by atoms with Crippen LogP contribution in [0.3, 0.4) is 0 Å². The molecule has 2 aromatic carbocycles. The number of carbonyl (C=O) groups excluding carboxylic acids is 1. The van der Waals surface area contributed by atoms with Crippen LogP contribution in [-0.4, -0.2) is 22.0 Å². The third kappa shape index (κ3) is 4.79. The van der Waals surface area contributed by atoms with E-state index >= 15 is 0 Å². The highest BCUT2D eigenvalue weighted by Gasteiger charge is 2.15. The Morgan fingerprint density at radius 3 is 2.36 bits per heavy atom. The van der Waals surface area contributed by atoms with Crippen LogP contribution in [0.2, 0.25) is 0 Å². The average Bonchev–Trinajstić information content (AvgIpc) is 2.66. The molecule has 0 saturated heterocycles. The van der Waals surface area contributed by atoms with Crippen molar-refractivity contribution in [3.8, 4) is 5.75 Å². The molecule has 0 saturated carbocycles. The fourth-order valence-electron chi connectivity index (χ4n) is 2.36. The number of anilines is 3. The molecular weight excluding hydrogens is 366 g/mol. The summed E-state index contributed by atoms with van der Waals surface area (Å²) >= 11 is 0. The maximum Gasteiger partial charge on any atom is 0.274 e. The second-order valence-corrected chi connectivity index (χ2v) is 6.13. The van der Waals surface area contributed by atoms with E-state index in [1.54, 1.807) is 24.3 Å². The van der Waals surface area contributed by atoms with Gasteiger partial charge >= 0.3 is 0 Å². The fraction of sp³-hybridized carbons (Fsp3) is 0.150. The van der Waals surface area contributed by atoms with Gasteiger partial charge in [0.05, 0.1) is 6.10 Å². The van der Waals surface area contributed by atoms with Crippen LogP contribution in [0.15, 0.2) is 54.7 Å². The molecule has 0 radical (unpaired) electrons. The van der Waals surface area contributed by atoms with E-state index in [9.17, 15) is 13.6 Å². The first-order valence-corrected chi connectivity index (χ1v) is 8.54. The van der Waals surface area contributed by atoms with Crippen LogP contribution in [0.1, 0.15) is 24.3 Å². The first kappa shape index (κ1) is 19.2. The van der Waals surface area contributed by atoms with Crippen LogP contribution in [-0.2, 0) is 0 Å². The van der Waals surface area contributed by atoms with Crippen molar-refractivity contribution in [2.75, 3.05) is 10.6 Å². The molecule has 3 rings (SSSR count). The zero-order chi connectivity index (χ0) is 20.1. The molecule has 3 aromatic rings. The Balaban J connectivity index is 1.72. The second-order valence-electron chi connectivity index (χ2n) is 6.13. The summed E-state index contributed by atoms with van der Waals surface area (Å²) < 4.78 is 33.0. The third-order valence-electron chi connectivity index (χ3n) is 3.57. The Morgan fingerprint density at radius 2 is 1.71 bits per heavy atom. The SMILES string of the molecule is CC(C)Oc1ccc(Nc2nccc(C(=O)Nc3c(F)cccc3F)n2)cc1. The van der Waals surface area contributed by atoms with E-state index < -0.39 is 23.2 Å². The molecule has 28 heavy (non-hydrogen) atoms. The summed E-state index contributed by atoms with van der Waals surface area (Å²) in [6.45, 7) is 3.87. The van der Waals surface area contributed by atoms with Gasteiger partial charge in [-0.15, -0.1) is 0 Å². The van der Waals surface area contributed by atoms with Crippen LogP contribution in [0, 0.1) is 11.6 Å². The molecule has 0 spiro atoms. The third-order valence-corrected chi connectivity index (χ3v) is 3.57. The number of hydrogen-bond donors (Lipinski definition) is 2. The van der Waals surface area contributed by atoms with Gasteiger partial charge in [-0.1, -0.05) is 6.07 Å². The van der Waals surface area contributed by atoms with E-state index in [1.807, 2.05) is 13.8 Å². The predicted octanol–water partition coefficient (Wildman–Crippen LogP) is 4.54. The average molecular weight is 384 g/mol. The van der Waals surface area contributed by atoms with E-state index in [-0.39, 0.29) is 17.7 Å². The van der Waals surface area contributed by atoms with Gasteiger partial charge in [0.2, 0.25) is 5.95 Å². The van der Waals surface area contributed by atoms with Crippen molar-refractivity contribution in [2.45, 2.75) is 20.0 Å².